The van der Waals surface area contributed by atoms with Gasteiger partial charge in [0.15, 0.2) is 0 Å². The van der Waals surface area contributed by atoms with E-state index in [9.17, 15) is 0 Å². The fraction of sp³-hybridized carbons (Fsp3) is 0.200. The second-order valence-electron chi connectivity index (χ2n) is 4.49. The highest BCUT2D eigenvalue weighted by atomic mass is 16.5. The van der Waals surface area contributed by atoms with Crippen molar-refractivity contribution in [3.63, 3.8) is 0 Å². The Hall–Kier alpha value is -2.20. The summed E-state index contributed by atoms with van der Waals surface area (Å²) >= 11 is 0. The van der Waals surface area contributed by atoms with E-state index in [1.165, 1.54) is 0 Å². The summed E-state index contributed by atoms with van der Waals surface area (Å²) < 4.78 is 7.18. The number of fused-ring (bicyclic) bond motifs is 1. The Labute approximate surface area is 111 Å². The first kappa shape index (κ1) is 11.9. The number of aryl methyl sites for hydroxylation is 1. The summed E-state index contributed by atoms with van der Waals surface area (Å²) in [7, 11) is 3.71. The molecule has 0 unspecified atom stereocenters. The molecule has 3 aromatic rings. The van der Waals surface area contributed by atoms with E-state index in [0.29, 0.717) is 6.61 Å². The molecule has 0 N–H and O–H groups in total. The van der Waals surface area contributed by atoms with E-state index >= 15 is 0 Å². The van der Waals surface area contributed by atoms with Crippen molar-refractivity contribution >= 4 is 11.0 Å². The van der Waals surface area contributed by atoms with Crippen LogP contribution in [0.1, 0.15) is 5.56 Å². The van der Waals surface area contributed by atoms with Crippen LogP contribution >= 0.6 is 0 Å². The molecule has 96 valence electrons. The second-order valence-corrected chi connectivity index (χ2v) is 4.49. The highest BCUT2D eigenvalue weighted by Gasteiger charge is 2.09. The third-order valence-corrected chi connectivity index (χ3v) is 3.21. The van der Waals surface area contributed by atoms with Crippen molar-refractivity contribution in [2.24, 2.45) is 7.05 Å². The first-order valence-corrected chi connectivity index (χ1v) is 6.14. The Balaban J connectivity index is 2.06. The predicted octanol–water partition coefficient (Wildman–Crippen LogP) is 2.78. The molecule has 4 nitrogen and oxygen atoms in total. The number of aromatic nitrogens is 3. The van der Waals surface area contributed by atoms with Crippen LogP contribution in [0.4, 0.5) is 0 Å². The van der Waals surface area contributed by atoms with E-state index < -0.39 is 0 Å². The van der Waals surface area contributed by atoms with Crippen LogP contribution in [0.25, 0.3) is 22.4 Å². The van der Waals surface area contributed by atoms with Crippen molar-refractivity contribution in [2.75, 3.05) is 7.11 Å². The molecule has 2 aromatic heterocycles. The van der Waals surface area contributed by atoms with Gasteiger partial charge in [0.25, 0.3) is 0 Å². The minimum Gasteiger partial charge on any atom is -0.380 e. The normalized spacial score (nSPS) is 11.1. The summed E-state index contributed by atoms with van der Waals surface area (Å²) in [5.74, 6) is 0.951. The van der Waals surface area contributed by atoms with Gasteiger partial charge in [0.2, 0.25) is 0 Å². The van der Waals surface area contributed by atoms with E-state index in [4.69, 9.17) is 4.74 Å². The van der Waals surface area contributed by atoms with Gasteiger partial charge in [0.05, 0.1) is 23.8 Å². The Morgan fingerprint density at radius 1 is 1.16 bits per heavy atom. The SMILES string of the molecule is COCc1ccc(-c2nc3ccncc3n2C)cc1. The van der Waals surface area contributed by atoms with Gasteiger partial charge in [-0.2, -0.15) is 0 Å². The monoisotopic (exact) mass is 253 g/mol. The van der Waals surface area contributed by atoms with Crippen molar-refractivity contribution in [1.82, 2.24) is 14.5 Å². The molecule has 19 heavy (non-hydrogen) atoms. The molecule has 3 rings (SSSR count). The van der Waals surface area contributed by atoms with Crippen LogP contribution in [-0.2, 0) is 18.4 Å². The first-order valence-electron chi connectivity index (χ1n) is 6.14. The fourth-order valence-electron chi connectivity index (χ4n) is 2.21. The van der Waals surface area contributed by atoms with Crippen LogP contribution in [0.2, 0.25) is 0 Å². The molecule has 0 aliphatic heterocycles. The second kappa shape index (κ2) is 4.82. The molecular weight excluding hydrogens is 238 g/mol. The highest BCUT2D eigenvalue weighted by Crippen LogP contribution is 2.23. The van der Waals surface area contributed by atoms with Crippen LogP contribution in [0, 0.1) is 0 Å². The number of methoxy groups -OCH3 is 1. The van der Waals surface area contributed by atoms with Crippen LogP contribution in [0.5, 0.6) is 0 Å². The van der Waals surface area contributed by atoms with Gasteiger partial charge in [0.1, 0.15) is 5.82 Å². The standard InChI is InChI=1S/C15H15N3O/c1-18-14-9-16-8-7-13(14)17-15(18)12-5-3-11(4-6-12)10-19-2/h3-9H,10H2,1-2H3. The molecular formula is C15H15N3O. The molecule has 0 amide bonds. The number of ether oxygens (including phenoxy) is 1. The topological polar surface area (TPSA) is 39.9 Å². The van der Waals surface area contributed by atoms with Crippen LogP contribution in [0.3, 0.4) is 0 Å². The fourth-order valence-corrected chi connectivity index (χ4v) is 2.21. The molecule has 2 heterocycles. The number of benzene rings is 1. The molecule has 0 radical (unpaired) electrons. The van der Waals surface area contributed by atoms with E-state index in [-0.39, 0.29) is 0 Å². The zero-order valence-corrected chi connectivity index (χ0v) is 11.0. The average molecular weight is 253 g/mol. The Morgan fingerprint density at radius 2 is 1.95 bits per heavy atom. The summed E-state index contributed by atoms with van der Waals surface area (Å²) in [5, 5.41) is 0. The van der Waals surface area contributed by atoms with Crippen LogP contribution in [0.15, 0.2) is 42.7 Å². The zero-order valence-electron chi connectivity index (χ0n) is 11.0. The Morgan fingerprint density at radius 3 is 2.63 bits per heavy atom. The van der Waals surface area contributed by atoms with Crippen molar-refractivity contribution in [3.05, 3.63) is 48.3 Å². The number of hydrogen-bond acceptors (Lipinski definition) is 3. The molecule has 0 spiro atoms. The zero-order chi connectivity index (χ0) is 13.2. The van der Waals surface area contributed by atoms with E-state index in [1.54, 1.807) is 13.3 Å². The summed E-state index contributed by atoms with van der Waals surface area (Å²) in [6.07, 6.45) is 3.60. The first-order chi connectivity index (χ1) is 9.29. The molecule has 0 aliphatic rings. The molecule has 1 aromatic carbocycles. The van der Waals surface area contributed by atoms with Gasteiger partial charge in [-0.25, -0.2) is 4.98 Å². The maximum atomic E-state index is 5.12. The summed E-state index contributed by atoms with van der Waals surface area (Å²) in [6, 6.07) is 10.2. The van der Waals surface area contributed by atoms with E-state index in [2.05, 4.69) is 38.8 Å². The van der Waals surface area contributed by atoms with Gasteiger partial charge < -0.3 is 9.30 Å². The predicted molar refractivity (Wildman–Crippen MR) is 74.7 cm³/mol. The largest absolute Gasteiger partial charge is 0.380 e. The maximum Gasteiger partial charge on any atom is 0.140 e. The molecule has 0 saturated heterocycles. The van der Waals surface area contributed by atoms with Gasteiger partial charge in [-0.05, 0) is 11.6 Å². The lowest BCUT2D eigenvalue weighted by molar-refractivity contribution is 0.185. The molecule has 0 saturated carbocycles. The summed E-state index contributed by atoms with van der Waals surface area (Å²) in [4.78, 5) is 8.79. The van der Waals surface area contributed by atoms with Crippen molar-refractivity contribution < 1.29 is 4.74 Å². The molecule has 0 aliphatic carbocycles. The van der Waals surface area contributed by atoms with Crippen molar-refractivity contribution in [3.8, 4) is 11.4 Å². The minimum absolute atomic E-state index is 0.632. The van der Waals surface area contributed by atoms with Gasteiger partial charge >= 0.3 is 0 Å². The van der Waals surface area contributed by atoms with Crippen LogP contribution in [-0.4, -0.2) is 21.6 Å². The van der Waals surface area contributed by atoms with E-state index in [0.717, 1.165) is 28.0 Å². The molecule has 0 atom stereocenters. The Kier molecular flexibility index (Phi) is 3.01. The van der Waals surface area contributed by atoms with Crippen molar-refractivity contribution in [2.45, 2.75) is 6.61 Å². The lowest BCUT2D eigenvalue weighted by Gasteiger charge is -2.04. The lowest BCUT2D eigenvalue weighted by atomic mass is 10.1. The third-order valence-electron chi connectivity index (χ3n) is 3.21. The minimum atomic E-state index is 0.632. The molecule has 0 bridgehead atoms. The Bertz CT molecular complexity index is 701. The molecule has 0 fully saturated rings. The number of rotatable bonds is 3. The van der Waals surface area contributed by atoms with Gasteiger partial charge in [-0.15, -0.1) is 0 Å². The summed E-state index contributed by atoms with van der Waals surface area (Å²) in [6.45, 7) is 0.632. The number of pyridine rings is 1. The lowest BCUT2D eigenvalue weighted by Crippen LogP contribution is -1.93. The number of hydrogen-bond donors (Lipinski definition) is 0. The number of nitrogens with zero attached hydrogens (tertiary/aromatic N) is 3. The van der Waals surface area contributed by atoms with Gasteiger partial charge in [-0.1, -0.05) is 24.3 Å². The third kappa shape index (κ3) is 2.11. The number of imidazole rings is 1. The van der Waals surface area contributed by atoms with Crippen LogP contribution < -0.4 is 0 Å². The highest BCUT2D eigenvalue weighted by molar-refractivity contribution is 5.79. The summed E-state index contributed by atoms with van der Waals surface area (Å²) in [5.41, 5.74) is 4.26. The molecule has 4 heteroatoms. The van der Waals surface area contributed by atoms with Crippen molar-refractivity contribution in [1.29, 1.82) is 0 Å². The smallest absolute Gasteiger partial charge is 0.140 e. The average Bonchev–Trinajstić information content (AvgIpc) is 2.78. The maximum absolute atomic E-state index is 5.12. The van der Waals surface area contributed by atoms with Gasteiger partial charge in [-0.3, -0.25) is 4.98 Å². The van der Waals surface area contributed by atoms with Gasteiger partial charge in [0, 0.05) is 25.9 Å². The van der Waals surface area contributed by atoms with E-state index in [1.807, 2.05) is 19.3 Å². The quantitative estimate of drug-likeness (QED) is 0.720.